The molecule has 2 nitrogen and oxygen atoms in total. The minimum absolute atomic E-state index is 0.227. The molecule has 1 N–H and O–H groups in total. The molecule has 0 fully saturated rings. The molecule has 2 aromatic rings. The fraction of sp³-hybridized carbons (Fsp3) is 0.389. The molecule has 1 aromatic heterocycles. The van der Waals surface area contributed by atoms with Crippen LogP contribution in [0.2, 0.25) is 0 Å². The molecular weight excluding hydrogens is 324 g/mol. The lowest BCUT2D eigenvalue weighted by atomic mass is 9.93. The summed E-state index contributed by atoms with van der Waals surface area (Å²) in [6.45, 7) is 9.62. The average molecular weight is 347 g/mol. The van der Waals surface area contributed by atoms with Crippen molar-refractivity contribution in [3.8, 4) is 0 Å². The van der Waals surface area contributed by atoms with E-state index in [9.17, 15) is 0 Å². The van der Waals surface area contributed by atoms with Gasteiger partial charge < -0.3 is 5.32 Å². The summed E-state index contributed by atoms with van der Waals surface area (Å²) < 4.78 is 1.07. The third-order valence-electron chi connectivity index (χ3n) is 3.82. The van der Waals surface area contributed by atoms with E-state index in [4.69, 9.17) is 0 Å². The fourth-order valence-electron chi connectivity index (χ4n) is 2.90. The second-order valence-corrected chi connectivity index (χ2v) is 6.42. The lowest BCUT2D eigenvalue weighted by Gasteiger charge is -2.21. The van der Waals surface area contributed by atoms with E-state index >= 15 is 0 Å². The number of benzene rings is 1. The van der Waals surface area contributed by atoms with Gasteiger partial charge in [0.2, 0.25) is 0 Å². The van der Waals surface area contributed by atoms with Gasteiger partial charge in [0.1, 0.15) is 0 Å². The van der Waals surface area contributed by atoms with Crippen LogP contribution in [0.3, 0.4) is 0 Å². The molecule has 0 aliphatic rings. The normalized spacial score (nSPS) is 12.4. The van der Waals surface area contributed by atoms with Crippen LogP contribution in [0.15, 0.2) is 34.9 Å². The molecular formula is C18H23BrN2. The molecule has 0 spiro atoms. The zero-order valence-corrected chi connectivity index (χ0v) is 14.8. The zero-order chi connectivity index (χ0) is 15.4. The Morgan fingerprint density at radius 1 is 1.19 bits per heavy atom. The molecule has 1 atom stereocenters. The van der Waals surface area contributed by atoms with E-state index in [1.54, 1.807) is 0 Å². The quantitative estimate of drug-likeness (QED) is 0.851. The smallest absolute Gasteiger partial charge is 0.0718 e. The minimum atomic E-state index is 0.227. The number of pyridine rings is 1. The van der Waals surface area contributed by atoms with Crippen molar-refractivity contribution >= 4 is 15.9 Å². The van der Waals surface area contributed by atoms with Crippen molar-refractivity contribution < 1.29 is 0 Å². The van der Waals surface area contributed by atoms with Crippen LogP contribution in [0.5, 0.6) is 0 Å². The number of hydrogen-bond donors (Lipinski definition) is 1. The molecule has 1 unspecified atom stereocenters. The highest BCUT2D eigenvalue weighted by Crippen LogP contribution is 2.27. The third kappa shape index (κ3) is 3.92. The second-order valence-electron chi connectivity index (χ2n) is 5.56. The molecule has 0 saturated heterocycles. The van der Waals surface area contributed by atoms with Crippen LogP contribution in [0.1, 0.15) is 40.9 Å². The first kappa shape index (κ1) is 16.2. The van der Waals surface area contributed by atoms with Gasteiger partial charge in [0, 0.05) is 10.7 Å². The minimum Gasteiger partial charge on any atom is -0.309 e. The van der Waals surface area contributed by atoms with E-state index in [2.05, 4.69) is 72.1 Å². The van der Waals surface area contributed by atoms with Crippen molar-refractivity contribution in [2.75, 3.05) is 6.54 Å². The first-order chi connectivity index (χ1) is 10.0. The number of rotatable bonds is 5. The maximum atomic E-state index is 4.56. The van der Waals surface area contributed by atoms with E-state index in [0.717, 1.165) is 23.1 Å². The van der Waals surface area contributed by atoms with Crippen LogP contribution in [0, 0.1) is 20.8 Å². The van der Waals surface area contributed by atoms with Crippen LogP contribution < -0.4 is 5.32 Å². The van der Waals surface area contributed by atoms with Crippen LogP contribution in [-0.2, 0) is 6.42 Å². The van der Waals surface area contributed by atoms with Gasteiger partial charge in [0.25, 0.3) is 0 Å². The van der Waals surface area contributed by atoms with Crippen LogP contribution in [0.4, 0.5) is 0 Å². The standard InChI is InChI=1S/C18H23BrN2/c1-5-20-17(18-16(19)7-6-8-21-18)11-15-13(3)9-12(2)10-14(15)4/h6-10,17,20H,5,11H2,1-4H3. The molecule has 1 heterocycles. The molecule has 0 aliphatic carbocycles. The summed E-state index contributed by atoms with van der Waals surface area (Å²) in [5.74, 6) is 0. The highest BCUT2D eigenvalue weighted by atomic mass is 79.9. The van der Waals surface area contributed by atoms with Crippen molar-refractivity contribution in [3.63, 3.8) is 0 Å². The predicted octanol–water partition coefficient (Wildman–Crippen LogP) is 4.66. The van der Waals surface area contributed by atoms with Crippen molar-refractivity contribution in [2.24, 2.45) is 0 Å². The third-order valence-corrected chi connectivity index (χ3v) is 4.49. The van der Waals surface area contributed by atoms with Crippen LogP contribution in [0.25, 0.3) is 0 Å². The number of nitrogens with zero attached hydrogens (tertiary/aromatic N) is 1. The molecule has 0 amide bonds. The van der Waals surface area contributed by atoms with Crippen LogP contribution in [-0.4, -0.2) is 11.5 Å². The van der Waals surface area contributed by atoms with Gasteiger partial charge in [-0.1, -0.05) is 24.6 Å². The van der Waals surface area contributed by atoms with Gasteiger partial charge in [-0.05, 0) is 78.5 Å². The monoisotopic (exact) mass is 346 g/mol. The SMILES string of the molecule is CCNC(Cc1c(C)cc(C)cc1C)c1ncccc1Br. The van der Waals surface area contributed by atoms with Gasteiger partial charge in [-0.25, -0.2) is 0 Å². The Kier molecular flexibility index (Phi) is 5.54. The zero-order valence-electron chi connectivity index (χ0n) is 13.2. The topological polar surface area (TPSA) is 24.9 Å². The molecule has 112 valence electrons. The van der Waals surface area contributed by atoms with E-state index < -0.39 is 0 Å². The highest BCUT2D eigenvalue weighted by molar-refractivity contribution is 9.10. The lowest BCUT2D eigenvalue weighted by Crippen LogP contribution is -2.25. The predicted molar refractivity (Wildman–Crippen MR) is 92.7 cm³/mol. The first-order valence-electron chi connectivity index (χ1n) is 7.43. The maximum Gasteiger partial charge on any atom is 0.0718 e. The lowest BCUT2D eigenvalue weighted by molar-refractivity contribution is 0.532. The molecule has 0 aliphatic heterocycles. The molecule has 0 radical (unpaired) electrons. The summed E-state index contributed by atoms with van der Waals surface area (Å²) in [5, 5.41) is 3.56. The summed E-state index contributed by atoms with van der Waals surface area (Å²) in [6.07, 6.45) is 2.82. The Hall–Kier alpha value is -1.19. The average Bonchev–Trinajstić information content (AvgIpc) is 2.42. The molecule has 21 heavy (non-hydrogen) atoms. The number of halogens is 1. The number of likely N-dealkylation sites (N-methyl/N-ethyl adjacent to an activating group) is 1. The fourth-order valence-corrected chi connectivity index (χ4v) is 3.43. The molecule has 0 bridgehead atoms. The van der Waals surface area contributed by atoms with Crippen molar-refractivity contribution in [1.82, 2.24) is 10.3 Å². The molecule has 1 aromatic carbocycles. The highest BCUT2D eigenvalue weighted by Gasteiger charge is 2.17. The van der Waals surface area contributed by atoms with Gasteiger partial charge in [-0.3, -0.25) is 4.98 Å². The molecule has 2 rings (SSSR count). The van der Waals surface area contributed by atoms with Gasteiger partial charge in [-0.15, -0.1) is 0 Å². The van der Waals surface area contributed by atoms with E-state index in [-0.39, 0.29) is 6.04 Å². The summed E-state index contributed by atoms with van der Waals surface area (Å²) in [7, 11) is 0. The number of hydrogen-bond acceptors (Lipinski definition) is 2. The largest absolute Gasteiger partial charge is 0.309 e. The summed E-state index contributed by atoms with van der Waals surface area (Å²) in [4.78, 5) is 4.56. The van der Waals surface area contributed by atoms with Crippen molar-refractivity contribution in [3.05, 3.63) is 62.9 Å². The van der Waals surface area contributed by atoms with E-state index in [0.29, 0.717) is 0 Å². The Balaban J connectivity index is 2.36. The van der Waals surface area contributed by atoms with Gasteiger partial charge in [-0.2, -0.15) is 0 Å². The molecule has 3 heteroatoms. The number of aromatic nitrogens is 1. The Morgan fingerprint density at radius 2 is 1.86 bits per heavy atom. The van der Waals surface area contributed by atoms with Crippen LogP contribution >= 0.6 is 15.9 Å². The maximum absolute atomic E-state index is 4.56. The van der Waals surface area contributed by atoms with Gasteiger partial charge >= 0.3 is 0 Å². The summed E-state index contributed by atoms with van der Waals surface area (Å²) in [5.41, 5.74) is 6.56. The Bertz CT molecular complexity index is 599. The van der Waals surface area contributed by atoms with E-state index in [1.165, 1.54) is 22.3 Å². The Labute approximate surface area is 136 Å². The van der Waals surface area contributed by atoms with Crippen molar-refractivity contribution in [2.45, 2.75) is 40.2 Å². The molecule has 0 saturated carbocycles. The van der Waals surface area contributed by atoms with E-state index in [1.807, 2.05) is 12.3 Å². The second kappa shape index (κ2) is 7.19. The summed E-state index contributed by atoms with van der Waals surface area (Å²) in [6, 6.07) is 8.77. The Morgan fingerprint density at radius 3 is 2.43 bits per heavy atom. The van der Waals surface area contributed by atoms with Crippen molar-refractivity contribution in [1.29, 1.82) is 0 Å². The van der Waals surface area contributed by atoms with Gasteiger partial charge in [0.05, 0.1) is 11.7 Å². The summed E-state index contributed by atoms with van der Waals surface area (Å²) >= 11 is 3.63. The first-order valence-corrected chi connectivity index (χ1v) is 8.22. The van der Waals surface area contributed by atoms with Gasteiger partial charge in [0.15, 0.2) is 0 Å². The number of aryl methyl sites for hydroxylation is 3. The number of nitrogens with one attached hydrogen (secondary N) is 1.